The van der Waals surface area contributed by atoms with Gasteiger partial charge in [0.25, 0.3) is 0 Å². The third-order valence-electron chi connectivity index (χ3n) is 3.08. The predicted octanol–water partition coefficient (Wildman–Crippen LogP) is 0.941. The first-order valence-corrected chi connectivity index (χ1v) is 7.47. The normalized spacial score (nSPS) is 19.4. The molecule has 1 unspecified atom stereocenters. The SMILES string of the molecule is CSCCc1nc(C(C)N2CCNCC2)no1. The molecule has 1 N–H and O–H groups in total. The van der Waals surface area contributed by atoms with E-state index in [1.54, 1.807) is 11.8 Å². The summed E-state index contributed by atoms with van der Waals surface area (Å²) in [7, 11) is 0. The Balaban J connectivity index is 1.93. The third kappa shape index (κ3) is 3.43. The topological polar surface area (TPSA) is 54.2 Å². The number of aryl methyl sites for hydroxylation is 1. The second kappa shape index (κ2) is 6.37. The molecule has 2 rings (SSSR count). The van der Waals surface area contributed by atoms with Crippen LogP contribution in [0.15, 0.2) is 4.52 Å². The van der Waals surface area contributed by atoms with Crippen LogP contribution in [0.2, 0.25) is 0 Å². The first kappa shape index (κ1) is 12.9. The van der Waals surface area contributed by atoms with Crippen molar-refractivity contribution in [1.29, 1.82) is 0 Å². The zero-order chi connectivity index (χ0) is 12.1. The number of aromatic nitrogens is 2. The fourth-order valence-electron chi connectivity index (χ4n) is 1.96. The van der Waals surface area contributed by atoms with E-state index in [1.807, 2.05) is 0 Å². The zero-order valence-electron chi connectivity index (χ0n) is 10.5. The van der Waals surface area contributed by atoms with Gasteiger partial charge < -0.3 is 9.84 Å². The molecule has 1 fully saturated rings. The van der Waals surface area contributed by atoms with E-state index in [0.29, 0.717) is 0 Å². The van der Waals surface area contributed by atoms with Crippen molar-refractivity contribution in [2.45, 2.75) is 19.4 Å². The zero-order valence-corrected chi connectivity index (χ0v) is 11.3. The fourth-order valence-corrected chi connectivity index (χ4v) is 2.34. The lowest BCUT2D eigenvalue weighted by atomic mass is 10.2. The van der Waals surface area contributed by atoms with Crippen LogP contribution in [0.3, 0.4) is 0 Å². The summed E-state index contributed by atoms with van der Waals surface area (Å²) in [5.74, 6) is 2.61. The first-order chi connectivity index (χ1) is 8.31. The van der Waals surface area contributed by atoms with Crippen molar-refractivity contribution in [2.24, 2.45) is 0 Å². The number of piperazine rings is 1. The van der Waals surface area contributed by atoms with E-state index in [0.717, 1.165) is 50.1 Å². The highest BCUT2D eigenvalue weighted by Crippen LogP contribution is 2.17. The number of thioether (sulfide) groups is 1. The summed E-state index contributed by atoms with van der Waals surface area (Å²) in [4.78, 5) is 6.86. The standard InChI is InChI=1S/C11H20N4OS/c1-9(15-6-4-12-5-7-15)11-13-10(16-14-11)3-8-17-2/h9,12H,3-8H2,1-2H3. The van der Waals surface area contributed by atoms with Gasteiger partial charge in [0, 0.05) is 38.4 Å². The Morgan fingerprint density at radius 1 is 1.47 bits per heavy atom. The van der Waals surface area contributed by atoms with Gasteiger partial charge in [0.05, 0.1) is 6.04 Å². The molecule has 96 valence electrons. The molecule has 0 spiro atoms. The first-order valence-electron chi connectivity index (χ1n) is 6.07. The number of hydrogen-bond acceptors (Lipinski definition) is 6. The van der Waals surface area contributed by atoms with Crippen molar-refractivity contribution in [3.63, 3.8) is 0 Å². The number of nitrogens with zero attached hydrogens (tertiary/aromatic N) is 3. The van der Waals surface area contributed by atoms with E-state index >= 15 is 0 Å². The van der Waals surface area contributed by atoms with Crippen LogP contribution in [-0.2, 0) is 6.42 Å². The lowest BCUT2D eigenvalue weighted by Gasteiger charge is -2.30. The van der Waals surface area contributed by atoms with Crippen molar-refractivity contribution >= 4 is 11.8 Å². The van der Waals surface area contributed by atoms with Gasteiger partial charge in [-0.1, -0.05) is 5.16 Å². The Kier molecular flexibility index (Phi) is 4.82. The molecule has 1 saturated heterocycles. The second-order valence-electron chi connectivity index (χ2n) is 4.25. The minimum Gasteiger partial charge on any atom is -0.339 e. The highest BCUT2D eigenvalue weighted by molar-refractivity contribution is 7.98. The summed E-state index contributed by atoms with van der Waals surface area (Å²) < 4.78 is 5.26. The fraction of sp³-hybridized carbons (Fsp3) is 0.818. The lowest BCUT2D eigenvalue weighted by molar-refractivity contribution is 0.176. The van der Waals surface area contributed by atoms with Gasteiger partial charge in [-0.2, -0.15) is 16.7 Å². The Morgan fingerprint density at radius 2 is 2.24 bits per heavy atom. The second-order valence-corrected chi connectivity index (χ2v) is 5.24. The lowest BCUT2D eigenvalue weighted by Crippen LogP contribution is -2.44. The number of hydrogen-bond donors (Lipinski definition) is 1. The molecule has 1 aliphatic heterocycles. The molecule has 0 bridgehead atoms. The van der Waals surface area contributed by atoms with Gasteiger partial charge >= 0.3 is 0 Å². The molecule has 17 heavy (non-hydrogen) atoms. The van der Waals surface area contributed by atoms with Crippen LogP contribution in [0.4, 0.5) is 0 Å². The number of rotatable bonds is 5. The third-order valence-corrected chi connectivity index (χ3v) is 3.69. The molecule has 1 aliphatic rings. The quantitative estimate of drug-likeness (QED) is 0.846. The molecule has 6 heteroatoms. The van der Waals surface area contributed by atoms with Crippen LogP contribution in [0.1, 0.15) is 24.7 Å². The van der Waals surface area contributed by atoms with Gasteiger partial charge in [-0.25, -0.2) is 0 Å². The summed E-state index contributed by atoms with van der Waals surface area (Å²) in [6.07, 6.45) is 2.95. The maximum atomic E-state index is 5.26. The van der Waals surface area contributed by atoms with E-state index in [1.165, 1.54) is 0 Å². The number of nitrogens with one attached hydrogen (secondary N) is 1. The van der Waals surface area contributed by atoms with Gasteiger partial charge in [0.1, 0.15) is 0 Å². The molecule has 2 heterocycles. The van der Waals surface area contributed by atoms with Crippen LogP contribution >= 0.6 is 11.8 Å². The monoisotopic (exact) mass is 256 g/mol. The highest BCUT2D eigenvalue weighted by Gasteiger charge is 2.22. The summed E-state index contributed by atoms with van der Waals surface area (Å²) in [5.41, 5.74) is 0. The van der Waals surface area contributed by atoms with Crippen LogP contribution < -0.4 is 5.32 Å². The van der Waals surface area contributed by atoms with E-state index in [-0.39, 0.29) is 6.04 Å². The molecule has 5 nitrogen and oxygen atoms in total. The summed E-state index contributed by atoms with van der Waals surface area (Å²) in [6, 6.07) is 0.254. The molecular weight excluding hydrogens is 236 g/mol. The van der Waals surface area contributed by atoms with Gasteiger partial charge in [0.2, 0.25) is 5.89 Å². The molecule has 1 atom stereocenters. The van der Waals surface area contributed by atoms with Crippen molar-refractivity contribution in [2.75, 3.05) is 38.2 Å². The van der Waals surface area contributed by atoms with Crippen molar-refractivity contribution in [1.82, 2.24) is 20.4 Å². The smallest absolute Gasteiger partial charge is 0.227 e. The largest absolute Gasteiger partial charge is 0.339 e. The minimum absolute atomic E-state index is 0.254. The van der Waals surface area contributed by atoms with Crippen LogP contribution in [0, 0.1) is 0 Å². The van der Waals surface area contributed by atoms with Gasteiger partial charge in [-0.3, -0.25) is 4.90 Å². The Labute approximate surface area is 106 Å². The highest BCUT2D eigenvalue weighted by atomic mass is 32.2. The van der Waals surface area contributed by atoms with E-state index in [9.17, 15) is 0 Å². The predicted molar refractivity (Wildman–Crippen MR) is 69.2 cm³/mol. The minimum atomic E-state index is 0.254. The van der Waals surface area contributed by atoms with E-state index in [4.69, 9.17) is 4.52 Å². The summed E-state index contributed by atoms with van der Waals surface area (Å²) >= 11 is 1.80. The molecular formula is C11H20N4OS. The Hall–Kier alpha value is -0.590. The Bertz CT molecular complexity index is 338. The van der Waals surface area contributed by atoms with Crippen LogP contribution in [-0.4, -0.2) is 53.2 Å². The van der Waals surface area contributed by atoms with Crippen molar-refractivity contribution in [3.05, 3.63) is 11.7 Å². The van der Waals surface area contributed by atoms with Crippen molar-refractivity contribution in [3.8, 4) is 0 Å². The molecule has 0 radical (unpaired) electrons. The van der Waals surface area contributed by atoms with E-state index < -0.39 is 0 Å². The average Bonchev–Trinajstić information content (AvgIpc) is 2.85. The molecule has 1 aromatic rings. The summed E-state index contributed by atoms with van der Waals surface area (Å²) in [6.45, 7) is 6.34. The molecule has 0 amide bonds. The van der Waals surface area contributed by atoms with Gasteiger partial charge in [-0.05, 0) is 13.2 Å². The molecule has 1 aromatic heterocycles. The van der Waals surface area contributed by atoms with Gasteiger partial charge in [0.15, 0.2) is 5.82 Å². The van der Waals surface area contributed by atoms with Crippen LogP contribution in [0.5, 0.6) is 0 Å². The van der Waals surface area contributed by atoms with Gasteiger partial charge in [-0.15, -0.1) is 0 Å². The molecule has 0 aliphatic carbocycles. The van der Waals surface area contributed by atoms with E-state index in [2.05, 4.69) is 33.5 Å². The Morgan fingerprint density at radius 3 is 2.94 bits per heavy atom. The van der Waals surface area contributed by atoms with Crippen LogP contribution in [0.25, 0.3) is 0 Å². The maximum Gasteiger partial charge on any atom is 0.227 e. The van der Waals surface area contributed by atoms with Crippen molar-refractivity contribution < 1.29 is 4.52 Å². The molecule has 0 aromatic carbocycles. The molecule has 0 saturated carbocycles. The summed E-state index contributed by atoms with van der Waals surface area (Å²) in [5, 5.41) is 7.43. The maximum absolute atomic E-state index is 5.26. The average molecular weight is 256 g/mol.